The van der Waals surface area contributed by atoms with Crippen LogP contribution in [-0.4, -0.2) is 19.8 Å². The van der Waals surface area contributed by atoms with Crippen molar-refractivity contribution in [3.05, 3.63) is 17.7 Å². The predicted molar refractivity (Wildman–Crippen MR) is 77.5 cm³/mol. The molecule has 1 aromatic rings. The van der Waals surface area contributed by atoms with Crippen LogP contribution < -0.4 is 19.9 Å². The Hall–Kier alpha value is -1.42. The fraction of sp³-hybridized carbons (Fsp3) is 0.625. The smallest absolute Gasteiger partial charge is 0.164 e. The first-order chi connectivity index (χ1) is 9.50. The third-order valence-electron chi connectivity index (χ3n) is 4.63. The molecule has 0 amide bonds. The lowest BCUT2D eigenvalue weighted by Crippen LogP contribution is -2.49. The third-order valence-corrected chi connectivity index (χ3v) is 4.63. The monoisotopic (exact) mass is 277 g/mol. The molecule has 4 heteroatoms. The number of methoxy groups -OCH3 is 2. The van der Waals surface area contributed by atoms with E-state index in [1.165, 1.54) is 12.8 Å². The number of fused-ring (bicyclic) bond motifs is 1. The minimum Gasteiger partial charge on any atom is -0.493 e. The van der Waals surface area contributed by atoms with Gasteiger partial charge < -0.3 is 19.9 Å². The molecule has 0 aromatic heterocycles. The molecule has 0 radical (unpaired) electrons. The van der Waals surface area contributed by atoms with Crippen molar-refractivity contribution in [1.82, 2.24) is 0 Å². The molecule has 1 spiro atoms. The van der Waals surface area contributed by atoms with Crippen molar-refractivity contribution in [3.63, 3.8) is 0 Å². The Bertz CT molecular complexity index is 519. The molecule has 110 valence electrons. The summed E-state index contributed by atoms with van der Waals surface area (Å²) in [6.45, 7) is 2.08. The van der Waals surface area contributed by atoms with E-state index in [9.17, 15) is 0 Å². The Balaban J connectivity index is 2.09. The van der Waals surface area contributed by atoms with Crippen LogP contribution in [0.3, 0.4) is 0 Å². The Morgan fingerprint density at radius 1 is 1.10 bits per heavy atom. The van der Waals surface area contributed by atoms with Gasteiger partial charge in [-0.3, -0.25) is 0 Å². The van der Waals surface area contributed by atoms with Gasteiger partial charge in [0.2, 0.25) is 0 Å². The zero-order valence-corrected chi connectivity index (χ0v) is 12.5. The van der Waals surface area contributed by atoms with Gasteiger partial charge in [-0.1, -0.05) is 0 Å². The summed E-state index contributed by atoms with van der Waals surface area (Å²) in [6, 6.07) is 3.87. The first kappa shape index (κ1) is 13.6. The summed E-state index contributed by atoms with van der Waals surface area (Å²) >= 11 is 0. The highest BCUT2D eigenvalue weighted by atomic mass is 16.5. The van der Waals surface area contributed by atoms with Gasteiger partial charge >= 0.3 is 0 Å². The van der Waals surface area contributed by atoms with E-state index in [2.05, 4.69) is 6.92 Å². The number of hydrogen-bond acceptors (Lipinski definition) is 4. The maximum atomic E-state index is 6.58. The summed E-state index contributed by atoms with van der Waals surface area (Å²) in [5.74, 6) is 2.24. The van der Waals surface area contributed by atoms with Crippen LogP contribution in [0.5, 0.6) is 17.2 Å². The number of ether oxygens (including phenoxy) is 3. The van der Waals surface area contributed by atoms with E-state index in [1.54, 1.807) is 14.2 Å². The number of hydrogen-bond donors (Lipinski definition) is 1. The molecule has 1 saturated carbocycles. The average Bonchev–Trinajstić information content (AvgIpc) is 2.84. The largest absolute Gasteiger partial charge is 0.493 e. The minimum absolute atomic E-state index is 0.0872. The molecule has 20 heavy (non-hydrogen) atoms. The normalized spacial score (nSPS) is 27.0. The van der Waals surface area contributed by atoms with Crippen LogP contribution in [0.4, 0.5) is 0 Å². The first-order valence-electron chi connectivity index (χ1n) is 7.24. The lowest BCUT2D eigenvalue weighted by atomic mass is 9.77. The molecule has 1 aliphatic heterocycles. The zero-order chi connectivity index (χ0) is 14.4. The second-order valence-corrected chi connectivity index (χ2v) is 6.29. The topological polar surface area (TPSA) is 53.7 Å². The molecular formula is C16H23NO3. The van der Waals surface area contributed by atoms with Gasteiger partial charge in [0.25, 0.3) is 0 Å². The van der Waals surface area contributed by atoms with Gasteiger partial charge in [-0.15, -0.1) is 0 Å². The van der Waals surface area contributed by atoms with Crippen LogP contribution in [0.2, 0.25) is 0 Å². The highest BCUT2D eigenvalue weighted by Gasteiger charge is 2.47. The Morgan fingerprint density at radius 3 is 2.30 bits per heavy atom. The van der Waals surface area contributed by atoms with Crippen molar-refractivity contribution in [2.45, 2.75) is 50.2 Å². The van der Waals surface area contributed by atoms with E-state index in [0.29, 0.717) is 11.5 Å². The molecule has 1 heterocycles. The van der Waals surface area contributed by atoms with Gasteiger partial charge in [-0.2, -0.15) is 0 Å². The predicted octanol–water partition coefficient (Wildman–Crippen LogP) is 2.97. The van der Waals surface area contributed by atoms with E-state index >= 15 is 0 Å². The summed E-state index contributed by atoms with van der Waals surface area (Å²) in [6.07, 6.45) is 5.49. The van der Waals surface area contributed by atoms with Crippen molar-refractivity contribution in [2.75, 3.05) is 14.2 Å². The molecule has 1 atom stereocenters. The van der Waals surface area contributed by atoms with Crippen LogP contribution in [0.1, 0.15) is 44.6 Å². The molecule has 1 aliphatic carbocycles. The van der Waals surface area contributed by atoms with Gasteiger partial charge in [0, 0.05) is 23.6 Å². The number of benzene rings is 1. The van der Waals surface area contributed by atoms with Crippen LogP contribution in [-0.2, 0) is 5.54 Å². The van der Waals surface area contributed by atoms with Gasteiger partial charge in [0.1, 0.15) is 11.4 Å². The molecule has 1 fully saturated rings. The quantitative estimate of drug-likeness (QED) is 0.903. The van der Waals surface area contributed by atoms with Crippen LogP contribution in [0, 0.1) is 0 Å². The summed E-state index contributed by atoms with van der Waals surface area (Å²) in [4.78, 5) is 0. The van der Waals surface area contributed by atoms with Gasteiger partial charge in [-0.05, 0) is 38.7 Å². The van der Waals surface area contributed by atoms with Crippen LogP contribution >= 0.6 is 0 Å². The molecule has 1 aromatic carbocycles. The highest BCUT2D eigenvalue weighted by Crippen LogP contribution is 2.51. The number of rotatable bonds is 2. The fourth-order valence-electron chi connectivity index (χ4n) is 3.72. The Labute approximate surface area is 120 Å². The summed E-state index contributed by atoms with van der Waals surface area (Å²) in [7, 11) is 3.28. The van der Waals surface area contributed by atoms with E-state index in [-0.39, 0.29) is 5.60 Å². The highest BCUT2D eigenvalue weighted by molar-refractivity contribution is 5.54. The Kier molecular flexibility index (Phi) is 3.09. The molecule has 2 N–H and O–H groups in total. The molecule has 4 nitrogen and oxygen atoms in total. The minimum atomic E-state index is -0.391. The zero-order valence-electron chi connectivity index (χ0n) is 12.5. The Morgan fingerprint density at radius 2 is 1.70 bits per heavy atom. The van der Waals surface area contributed by atoms with Crippen molar-refractivity contribution in [2.24, 2.45) is 5.73 Å². The lowest BCUT2D eigenvalue weighted by Gasteiger charge is -2.44. The van der Waals surface area contributed by atoms with Crippen LogP contribution in [0.25, 0.3) is 0 Å². The van der Waals surface area contributed by atoms with Gasteiger partial charge in [-0.25, -0.2) is 0 Å². The first-order valence-corrected chi connectivity index (χ1v) is 7.24. The molecule has 0 saturated heterocycles. The van der Waals surface area contributed by atoms with E-state index in [4.69, 9.17) is 19.9 Å². The molecule has 0 bridgehead atoms. The molecular weight excluding hydrogens is 254 g/mol. The lowest BCUT2D eigenvalue weighted by molar-refractivity contribution is 0.0220. The summed E-state index contributed by atoms with van der Waals surface area (Å²) in [5, 5.41) is 0. The second kappa shape index (κ2) is 4.55. The van der Waals surface area contributed by atoms with Crippen LogP contribution in [0.15, 0.2) is 12.1 Å². The summed E-state index contributed by atoms with van der Waals surface area (Å²) in [5.41, 5.74) is 7.11. The SMILES string of the molecule is COc1cc2c(cc1OC)C(C)(N)CC1(CCCC1)O2. The standard InChI is InChI=1S/C16H23NO3/c1-15(17)10-16(6-4-5-7-16)20-12-9-14(19-3)13(18-2)8-11(12)15/h8-9H,4-7,10,17H2,1-3H3. The average molecular weight is 277 g/mol. The van der Waals surface area contributed by atoms with Crippen molar-refractivity contribution in [1.29, 1.82) is 0 Å². The van der Waals surface area contributed by atoms with Gasteiger partial charge in [0.15, 0.2) is 11.5 Å². The van der Waals surface area contributed by atoms with E-state index in [0.717, 1.165) is 30.6 Å². The van der Waals surface area contributed by atoms with E-state index in [1.807, 2.05) is 12.1 Å². The second-order valence-electron chi connectivity index (χ2n) is 6.29. The summed E-state index contributed by atoms with van der Waals surface area (Å²) < 4.78 is 17.1. The van der Waals surface area contributed by atoms with E-state index < -0.39 is 5.54 Å². The maximum absolute atomic E-state index is 6.58. The molecule has 3 rings (SSSR count). The van der Waals surface area contributed by atoms with Gasteiger partial charge in [0.05, 0.1) is 14.2 Å². The van der Waals surface area contributed by atoms with Crippen molar-refractivity contribution < 1.29 is 14.2 Å². The maximum Gasteiger partial charge on any atom is 0.164 e. The molecule has 2 aliphatic rings. The number of nitrogens with two attached hydrogens (primary N) is 1. The molecule has 1 unspecified atom stereocenters. The van der Waals surface area contributed by atoms with Crippen molar-refractivity contribution in [3.8, 4) is 17.2 Å². The third kappa shape index (κ3) is 2.03. The fourth-order valence-corrected chi connectivity index (χ4v) is 3.72. The van der Waals surface area contributed by atoms with Crippen molar-refractivity contribution >= 4 is 0 Å².